The Morgan fingerprint density at radius 3 is 2.56 bits per heavy atom. The fraction of sp³-hybridized carbons (Fsp3) is 0.364. The summed E-state index contributed by atoms with van der Waals surface area (Å²) in [6.07, 6.45) is 0. The summed E-state index contributed by atoms with van der Waals surface area (Å²) in [5, 5.41) is 2.63. The summed E-state index contributed by atoms with van der Waals surface area (Å²) in [5.74, 6) is -0.278. The second-order valence-corrected chi connectivity index (χ2v) is 6.04. The molecule has 1 amide bonds. The first-order valence-corrected chi connectivity index (χ1v) is 7.02. The topological polar surface area (TPSA) is 92.5 Å². The van der Waals surface area contributed by atoms with Crippen LogP contribution >= 0.6 is 0 Å². The van der Waals surface area contributed by atoms with Crippen molar-refractivity contribution in [3.8, 4) is 0 Å². The number of sulfonamides is 1. The Kier molecular flexibility index (Phi) is 3.27. The van der Waals surface area contributed by atoms with Gasteiger partial charge in [0.2, 0.25) is 15.9 Å². The van der Waals surface area contributed by atoms with Crippen LogP contribution in [0.1, 0.15) is 6.92 Å². The molecule has 1 aliphatic rings. The molecule has 98 valence electrons. The highest BCUT2D eigenvalue weighted by Crippen LogP contribution is 2.20. The Morgan fingerprint density at radius 2 is 1.94 bits per heavy atom. The molecular formula is C11H15N3O3S. The molecule has 0 aliphatic carbocycles. The van der Waals surface area contributed by atoms with Gasteiger partial charge in [-0.15, -0.1) is 0 Å². The Hall–Kier alpha value is -1.60. The highest BCUT2D eigenvalue weighted by atomic mass is 32.2. The van der Waals surface area contributed by atoms with Crippen LogP contribution in [0.3, 0.4) is 0 Å². The maximum atomic E-state index is 12.4. The Morgan fingerprint density at radius 1 is 1.33 bits per heavy atom. The lowest BCUT2D eigenvalue weighted by atomic mass is 10.2. The van der Waals surface area contributed by atoms with Crippen molar-refractivity contribution in [2.24, 2.45) is 0 Å². The van der Waals surface area contributed by atoms with Crippen LogP contribution in [-0.4, -0.2) is 37.8 Å². The van der Waals surface area contributed by atoms with Crippen LogP contribution in [0.2, 0.25) is 0 Å². The van der Waals surface area contributed by atoms with E-state index in [0.717, 1.165) is 0 Å². The molecule has 3 N–H and O–H groups in total. The zero-order valence-corrected chi connectivity index (χ0v) is 10.8. The van der Waals surface area contributed by atoms with E-state index in [1.165, 1.54) is 28.6 Å². The summed E-state index contributed by atoms with van der Waals surface area (Å²) in [4.78, 5) is 11.7. The number of amides is 1. The van der Waals surface area contributed by atoms with Crippen molar-refractivity contribution in [1.82, 2.24) is 9.62 Å². The first-order chi connectivity index (χ1) is 8.43. The fourth-order valence-corrected chi connectivity index (χ4v) is 3.46. The molecule has 7 heteroatoms. The number of nitrogens with zero attached hydrogens (tertiary/aromatic N) is 1. The molecule has 0 spiro atoms. The lowest BCUT2D eigenvalue weighted by Gasteiger charge is -2.31. The maximum Gasteiger partial charge on any atom is 0.243 e. The van der Waals surface area contributed by atoms with Gasteiger partial charge in [-0.2, -0.15) is 4.31 Å². The monoisotopic (exact) mass is 269 g/mol. The summed E-state index contributed by atoms with van der Waals surface area (Å²) in [6, 6.07) is 5.26. The minimum Gasteiger partial charge on any atom is -0.399 e. The molecule has 1 aromatic carbocycles. The average Bonchev–Trinajstić information content (AvgIpc) is 2.33. The van der Waals surface area contributed by atoms with Crippen LogP contribution < -0.4 is 11.1 Å². The predicted octanol–water partition coefficient (Wildman–Crippen LogP) is -0.222. The molecule has 6 nitrogen and oxygen atoms in total. The fourth-order valence-electron chi connectivity index (χ4n) is 1.86. The van der Waals surface area contributed by atoms with Crippen LogP contribution in [0, 0.1) is 0 Å². The van der Waals surface area contributed by atoms with Gasteiger partial charge in [-0.3, -0.25) is 4.79 Å². The zero-order valence-electron chi connectivity index (χ0n) is 9.96. The lowest BCUT2D eigenvalue weighted by Crippen LogP contribution is -2.55. The second-order valence-electron chi connectivity index (χ2n) is 4.15. The van der Waals surface area contributed by atoms with Gasteiger partial charge in [-0.05, 0) is 31.2 Å². The van der Waals surface area contributed by atoms with E-state index in [2.05, 4.69) is 5.32 Å². The van der Waals surface area contributed by atoms with Crippen molar-refractivity contribution in [2.75, 3.05) is 18.8 Å². The third-order valence-electron chi connectivity index (χ3n) is 2.93. The van der Waals surface area contributed by atoms with Crippen LogP contribution in [0.25, 0.3) is 0 Å². The van der Waals surface area contributed by atoms with Gasteiger partial charge in [0.25, 0.3) is 0 Å². The summed E-state index contributed by atoms with van der Waals surface area (Å²) in [5.41, 5.74) is 6.02. The molecule has 1 aliphatic heterocycles. The molecule has 18 heavy (non-hydrogen) atoms. The molecule has 1 atom stereocenters. The van der Waals surface area contributed by atoms with E-state index >= 15 is 0 Å². The Bertz CT molecular complexity index is 553. The number of nitrogen functional groups attached to an aromatic ring is 1. The van der Waals surface area contributed by atoms with Crippen LogP contribution in [0.5, 0.6) is 0 Å². The molecular weight excluding hydrogens is 254 g/mol. The standard InChI is InChI=1S/C11H15N3O3S/c1-8-11(15)13-6-7-14(8)18(16,17)10-4-2-9(12)3-5-10/h2-5,8H,6-7,12H2,1H3,(H,13,15). The number of carbonyl (C=O) groups is 1. The summed E-state index contributed by atoms with van der Waals surface area (Å²) < 4.78 is 25.9. The van der Waals surface area contributed by atoms with Gasteiger partial charge < -0.3 is 11.1 Å². The number of anilines is 1. The van der Waals surface area contributed by atoms with Gasteiger partial charge >= 0.3 is 0 Å². The maximum absolute atomic E-state index is 12.4. The largest absolute Gasteiger partial charge is 0.399 e. The van der Waals surface area contributed by atoms with E-state index in [0.29, 0.717) is 12.2 Å². The predicted molar refractivity (Wildman–Crippen MR) is 67.2 cm³/mol. The highest BCUT2D eigenvalue weighted by molar-refractivity contribution is 7.89. The smallest absolute Gasteiger partial charge is 0.243 e. The van der Waals surface area contributed by atoms with Crippen molar-refractivity contribution in [3.05, 3.63) is 24.3 Å². The second kappa shape index (κ2) is 4.58. The van der Waals surface area contributed by atoms with E-state index in [9.17, 15) is 13.2 Å². The molecule has 1 aromatic rings. The number of hydrogen-bond donors (Lipinski definition) is 2. The van der Waals surface area contributed by atoms with Gasteiger partial charge in [-0.1, -0.05) is 0 Å². The number of rotatable bonds is 2. The minimum atomic E-state index is -3.64. The van der Waals surface area contributed by atoms with E-state index in [-0.39, 0.29) is 17.3 Å². The summed E-state index contributed by atoms with van der Waals surface area (Å²) in [6.45, 7) is 2.18. The normalized spacial score (nSPS) is 21.6. The first-order valence-electron chi connectivity index (χ1n) is 5.58. The molecule has 1 unspecified atom stereocenters. The molecule has 1 saturated heterocycles. The summed E-state index contributed by atoms with van der Waals surface area (Å²) in [7, 11) is -3.64. The van der Waals surface area contributed by atoms with Crippen LogP contribution in [-0.2, 0) is 14.8 Å². The minimum absolute atomic E-state index is 0.151. The third-order valence-corrected chi connectivity index (χ3v) is 4.91. The SMILES string of the molecule is CC1C(=O)NCCN1S(=O)(=O)c1ccc(N)cc1. The van der Waals surface area contributed by atoms with Crippen LogP contribution in [0.15, 0.2) is 29.2 Å². The molecule has 0 aromatic heterocycles. The Labute approximate surface area is 106 Å². The van der Waals surface area contributed by atoms with Gasteiger partial charge in [0.1, 0.15) is 6.04 Å². The highest BCUT2D eigenvalue weighted by Gasteiger charge is 2.35. The van der Waals surface area contributed by atoms with Gasteiger partial charge in [-0.25, -0.2) is 8.42 Å². The van der Waals surface area contributed by atoms with Crippen molar-refractivity contribution in [2.45, 2.75) is 17.9 Å². The van der Waals surface area contributed by atoms with Crippen molar-refractivity contribution >= 4 is 21.6 Å². The van der Waals surface area contributed by atoms with Gasteiger partial charge in [0.05, 0.1) is 4.90 Å². The number of carbonyl (C=O) groups excluding carboxylic acids is 1. The van der Waals surface area contributed by atoms with E-state index in [1.54, 1.807) is 6.92 Å². The number of nitrogens with one attached hydrogen (secondary N) is 1. The quantitative estimate of drug-likeness (QED) is 0.726. The van der Waals surface area contributed by atoms with Gasteiger partial charge in [0, 0.05) is 18.8 Å². The van der Waals surface area contributed by atoms with Crippen LogP contribution in [0.4, 0.5) is 5.69 Å². The first kappa shape index (κ1) is 12.8. The number of benzene rings is 1. The average molecular weight is 269 g/mol. The van der Waals surface area contributed by atoms with E-state index in [1.807, 2.05) is 0 Å². The zero-order chi connectivity index (χ0) is 13.3. The molecule has 2 rings (SSSR count). The number of hydrogen-bond acceptors (Lipinski definition) is 4. The van der Waals surface area contributed by atoms with Crippen molar-refractivity contribution in [3.63, 3.8) is 0 Å². The lowest BCUT2D eigenvalue weighted by molar-refractivity contribution is -0.126. The molecule has 0 radical (unpaired) electrons. The van der Waals surface area contributed by atoms with E-state index in [4.69, 9.17) is 5.73 Å². The van der Waals surface area contributed by atoms with Crippen molar-refractivity contribution < 1.29 is 13.2 Å². The summed E-state index contributed by atoms with van der Waals surface area (Å²) >= 11 is 0. The van der Waals surface area contributed by atoms with E-state index < -0.39 is 16.1 Å². The molecule has 0 bridgehead atoms. The Balaban J connectivity index is 2.36. The number of nitrogens with two attached hydrogens (primary N) is 1. The van der Waals surface area contributed by atoms with Crippen molar-refractivity contribution in [1.29, 1.82) is 0 Å². The van der Waals surface area contributed by atoms with Gasteiger partial charge in [0.15, 0.2) is 0 Å². The molecule has 0 saturated carbocycles. The molecule has 1 heterocycles. The molecule has 1 fully saturated rings. The number of piperazine rings is 1. The third kappa shape index (κ3) is 2.19.